The van der Waals surface area contributed by atoms with E-state index >= 15 is 0 Å². The van der Waals surface area contributed by atoms with Crippen molar-refractivity contribution in [2.24, 2.45) is 0 Å². The number of nitrogens with zero attached hydrogens (tertiary/aromatic N) is 1. The first-order valence-corrected chi connectivity index (χ1v) is 4.67. The molecule has 0 bridgehead atoms. The van der Waals surface area contributed by atoms with E-state index in [9.17, 15) is 13.2 Å². The molecule has 0 saturated carbocycles. The lowest BCUT2D eigenvalue weighted by molar-refractivity contribution is -0.0328. The largest absolute Gasteiger partial charge is 0.446 e. The van der Waals surface area contributed by atoms with Crippen molar-refractivity contribution in [2.45, 2.75) is 16.5 Å². The first kappa shape index (κ1) is 11.9. The van der Waals surface area contributed by atoms with Crippen molar-refractivity contribution in [1.82, 2.24) is 0 Å². The quantitative estimate of drug-likeness (QED) is 0.631. The van der Waals surface area contributed by atoms with Crippen molar-refractivity contribution in [1.29, 1.82) is 5.26 Å². The number of halogens is 3. The first-order chi connectivity index (χ1) is 6.92. The standard InChI is InChI=1S/C9H6F3NOS/c10-9(11,12)15-7-3-1-2-6(4-7)8(14)5-13/h1-4,8,14H. The molecule has 1 aromatic carbocycles. The highest BCUT2D eigenvalue weighted by atomic mass is 32.2. The van der Waals surface area contributed by atoms with E-state index < -0.39 is 11.6 Å². The van der Waals surface area contributed by atoms with E-state index in [1.807, 2.05) is 0 Å². The maximum atomic E-state index is 12.0. The fourth-order valence-electron chi connectivity index (χ4n) is 0.956. The number of benzene rings is 1. The Bertz CT molecular complexity index is 386. The minimum absolute atomic E-state index is 0.0469. The Balaban J connectivity index is 2.89. The van der Waals surface area contributed by atoms with Gasteiger partial charge in [0.25, 0.3) is 0 Å². The van der Waals surface area contributed by atoms with E-state index in [0.29, 0.717) is 0 Å². The zero-order chi connectivity index (χ0) is 11.5. The zero-order valence-corrected chi connectivity index (χ0v) is 8.14. The van der Waals surface area contributed by atoms with Gasteiger partial charge in [-0.2, -0.15) is 18.4 Å². The molecule has 1 unspecified atom stereocenters. The predicted molar refractivity (Wildman–Crippen MR) is 48.9 cm³/mol. The van der Waals surface area contributed by atoms with Crippen molar-refractivity contribution < 1.29 is 18.3 Å². The van der Waals surface area contributed by atoms with Crippen LogP contribution in [0.5, 0.6) is 0 Å². The lowest BCUT2D eigenvalue weighted by Crippen LogP contribution is -2.00. The summed E-state index contributed by atoms with van der Waals surface area (Å²) in [6.45, 7) is 0. The van der Waals surface area contributed by atoms with E-state index in [4.69, 9.17) is 10.4 Å². The van der Waals surface area contributed by atoms with Crippen LogP contribution in [-0.4, -0.2) is 10.6 Å². The van der Waals surface area contributed by atoms with Crippen LogP contribution in [0.25, 0.3) is 0 Å². The third-order valence-corrected chi connectivity index (χ3v) is 2.25. The van der Waals surface area contributed by atoms with Crippen molar-refractivity contribution in [2.75, 3.05) is 0 Å². The summed E-state index contributed by atoms with van der Waals surface area (Å²) in [5.74, 6) is 0. The van der Waals surface area contributed by atoms with Crippen LogP contribution in [0.1, 0.15) is 11.7 Å². The summed E-state index contributed by atoms with van der Waals surface area (Å²) in [5.41, 5.74) is -4.21. The normalized spacial score (nSPS) is 13.3. The Hall–Kier alpha value is -1.19. The van der Waals surface area contributed by atoms with E-state index in [1.165, 1.54) is 24.3 Å². The SMILES string of the molecule is N#CC(O)c1cccc(SC(F)(F)F)c1. The number of aliphatic hydroxyl groups is 1. The van der Waals surface area contributed by atoms with Crippen molar-refractivity contribution >= 4 is 11.8 Å². The number of aliphatic hydroxyl groups excluding tert-OH is 1. The van der Waals surface area contributed by atoms with E-state index in [-0.39, 0.29) is 22.2 Å². The van der Waals surface area contributed by atoms with Crippen LogP contribution in [-0.2, 0) is 0 Å². The molecule has 80 valence electrons. The minimum atomic E-state index is -4.36. The smallest absolute Gasteiger partial charge is 0.374 e. The summed E-state index contributed by atoms with van der Waals surface area (Å²) in [7, 11) is 0. The van der Waals surface area contributed by atoms with Gasteiger partial charge in [-0.1, -0.05) is 12.1 Å². The summed E-state index contributed by atoms with van der Waals surface area (Å²) in [4.78, 5) is -0.0469. The molecule has 0 aliphatic carbocycles. The second kappa shape index (κ2) is 4.55. The molecule has 0 aromatic heterocycles. The van der Waals surface area contributed by atoms with Crippen LogP contribution in [0.3, 0.4) is 0 Å². The predicted octanol–water partition coefficient (Wildman–Crippen LogP) is 2.86. The van der Waals surface area contributed by atoms with Crippen LogP contribution in [0.15, 0.2) is 29.2 Å². The number of thioether (sulfide) groups is 1. The summed E-state index contributed by atoms with van der Waals surface area (Å²) < 4.78 is 36.0. The fraction of sp³-hybridized carbons (Fsp3) is 0.222. The molecule has 0 spiro atoms. The van der Waals surface area contributed by atoms with Gasteiger partial charge in [-0.25, -0.2) is 0 Å². The molecule has 15 heavy (non-hydrogen) atoms. The maximum Gasteiger partial charge on any atom is 0.446 e. The molecule has 6 heteroatoms. The average molecular weight is 233 g/mol. The van der Waals surface area contributed by atoms with Gasteiger partial charge < -0.3 is 5.11 Å². The second-order valence-electron chi connectivity index (χ2n) is 2.65. The van der Waals surface area contributed by atoms with Crippen molar-refractivity contribution in [3.8, 4) is 6.07 Å². The minimum Gasteiger partial charge on any atom is -0.374 e. The van der Waals surface area contributed by atoms with Gasteiger partial charge in [-0.05, 0) is 29.5 Å². The van der Waals surface area contributed by atoms with Gasteiger partial charge >= 0.3 is 5.51 Å². The maximum absolute atomic E-state index is 12.0. The molecule has 0 saturated heterocycles. The number of hydrogen-bond donors (Lipinski definition) is 1. The molecule has 0 heterocycles. The van der Waals surface area contributed by atoms with Crippen LogP contribution < -0.4 is 0 Å². The average Bonchev–Trinajstić information content (AvgIpc) is 2.14. The molecule has 0 radical (unpaired) electrons. The molecule has 1 atom stereocenters. The third-order valence-electron chi connectivity index (χ3n) is 1.53. The summed E-state index contributed by atoms with van der Waals surface area (Å²) in [6, 6.07) is 6.71. The molecular formula is C9H6F3NOS. The fourth-order valence-corrected chi connectivity index (χ4v) is 1.57. The van der Waals surface area contributed by atoms with Crippen LogP contribution in [0, 0.1) is 11.3 Å². The van der Waals surface area contributed by atoms with Gasteiger partial charge in [0.15, 0.2) is 6.10 Å². The van der Waals surface area contributed by atoms with E-state index in [2.05, 4.69) is 0 Å². The molecule has 1 N–H and O–H groups in total. The number of hydrogen-bond acceptors (Lipinski definition) is 3. The third kappa shape index (κ3) is 3.81. The van der Waals surface area contributed by atoms with Gasteiger partial charge in [0.05, 0.1) is 6.07 Å². The highest BCUT2D eigenvalue weighted by Gasteiger charge is 2.29. The Kier molecular flexibility index (Phi) is 3.61. The van der Waals surface area contributed by atoms with Gasteiger partial charge in [0.2, 0.25) is 0 Å². The Morgan fingerprint density at radius 2 is 2.07 bits per heavy atom. The number of nitriles is 1. The summed E-state index contributed by atoms with van der Waals surface area (Å²) in [6.07, 6.45) is -1.39. The lowest BCUT2D eigenvalue weighted by Gasteiger charge is -2.07. The van der Waals surface area contributed by atoms with Crippen LogP contribution in [0.2, 0.25) is 0 Å². The van der Waals surface area contributed by atoms with E-state index in [0.717, 1.165) is 6.07 Å². The highest BCUT2D eigenvalue weighted by molar-refractivity contribution is 8.00. The molecule has 0 fully saturated rings. The van der Waals surface area contributed by atoms with Crippen molar-refractivity contribution in [3.63, 3.8) is 0 Å². The van der Waals surface area contributed by atoms with Crippen LogP contribution >= 0.6 is 11.8 Å². The van der Waals surface area contributed by atoms with Gasteiger partial charge in [0.1, 0.15) is 0 Å². The zero-order valence-electron chi connectivity index (χ0n) is 7.32. The second-order valence-corrected chi connectivity index (χ2v) is 3.79. The topological polar surface area (TPSA) is 44.0 Å². The van der Waals surface area contributed by atoms with Crippen molar-refractivity contribution in [3.05, 3.63) is 29.8 Å². The monoisotopic (exact) mass is 233 g/mol. The van der Waals surface area contributed by atoms with E-state index in [1.54, 1.807) is 0 Å². The molecule has 2 nitrogen and oxygen atoms in total. The number of rotatable bonds is 2. The number of alkyl halides is 3. The molecule has 0 aliphatic heterocycles. The molecule has 1 rings (SSSR count). The van der Waals surface area contributed by atoms with Crippen LogP contribution in [0.4, 0.5) is 13.2 Å². The lowest BCUT2D eigenvalue weighted by atomic mass is 10.1. The molecular weight excluding hydrogens is 227 g/mol. The van der Waals surface area contributed by atoms with Gasteiger partial charge in [-0.15, -0.1) is 0 Å². The first-order valence-electron chi connectivity index (χ1n) is 3.86. The van der Waals surface area contributed by atoms with Gasteiger partial charge in [0, 0.05) is 4.90 Å². The Labute approximate surface area is 88.3 Å². The highest BCUT2D eigenvalue weighted by Crippen LogP contribution is 2.37. The summed E-state index contributed by atoms with van der Waals surface area (Å²) >= 11 is -0.278. The molecule has 0 aliphatic rings. The Morgan fingerprint density at radius 3 is 2.60 bits per heavy atom. The van der Waals surface area contributed by atoms with Gasteiger partial charge in [-0.3, -0.25) is 0 Å². The summed E-state index contributed by atoms with van der Waals surface area (Å²) in [5, 5.41) is 17.5. The molecule has 1 aromatic rings. The molecule has 0 amide bonds. The Morgan fingerprint density at radius 1 is 1.40 bits per heavy atom.